The highest BCUT2D eigenvalue weighted by Crippen LogP contribution is 2.19. The van der Waals surface area contributed by atoms with Gasteiger partial charge in [-0.05, 0) is 51.9 Å². The second-order valence-electron chi connectivity index (χ2n) is 5.72. The van der Waals surface area contributed by atoms with E-state index in [1.807, 2.05) is 18.7 Å². The molecule has 0 unspecified atom stereocenters. The molecule has 2 rings (SSSR count). The van der Waals surface area contributed by atoms with Crippen molar-refractivity contribution in [2.75, 3.05) is 33.2 Å². The van der Waals surface area contributed by atoms with Gasteiger partial charge in [-0.1, -0.05) is 17.7 Å². The van der Waals surface area contributed by atoms with Crippen molar-refractivity contribution in [2.45, 2.75) is 27.2 Å². The van der Waals surface area contributed by atoms with E-state index in [1.54, 1.807) is 0 Å². The second-order valence-corrected chi connectivity index (χ2v) is 5.72. The van der Waals surface area contributed by atoms with Crippen LogP contribution in [0.2, 0.25) is 0 Å². The van der Waals surface area contributed by atoms with Crippen LogP contribution < -0.4 is 0 Å². The molecule has 3 heteroatoms. The van der Waals surface area contributed by atoms with Crippen molar-refractivity contribution in [3.8, 4) is 0 Å². The molecule has 1 aliphatic rings. The van der Waals surface area contributed by atoms with Crippen LogP contribution in [-0.2, 0) is 0 Å². The molecule has 1 aromatic rings. The molecule has 1 aromatic carbocycles. The number of nitrogens with zero attached hydrogens (tertiary/aromatic N) is 2. The molecular weight excluding hydrogens is 236 g/mol. The third-order valence-electron chi connectivity index (χ3n) is 3.90. The first-order valence-electron chi connectivity index (χ1n) is 7.04. The van der Waals surface area contributed by atoms with Gasteiger partial charge >= 0.3 is 0 Å². The van der Waals surface area contributed by atoms with Crippen LogP contribution in [0.3, 0.4) is 0 Å². The quantitative estimate of drug-likeness (QED) is 0.774. The lowest BCUT2D eigenvalue weighted by Crippen LogP contribution is -2.35. The highest BCUT2D eigenvalue weighted by molar-refractivity contribution is 5.97. The summed E-state index contributed by atoms with van der Waals surface area (Å²) in [6, 6.07) is 4.20. The normalized spacial score (nSPS) is 17.4. The van der Waals surface area contributed by atoms with Gasteiger partial charge in [0.05, 0.1) is 0 Å². The molecular formula is C16H24N2O. The maximum Gasteiger partial charge on any atom is 0.254 e. The Labute approximate surface area is 116 Å². The molecule has 0 atom stereocenters. The summed E-state index contributed by atoms with van der Waals surface area (Å²) in [5.74, 6) is 0.199. The molecule has 0 spiro atoms. The van der Waals surface area contributed by atoms with E-state index in [0.29, 0.717) is 0 Å². The minimum Gasteiger partial charge on any atom is -0.337 e. The monoisotopic (exact) mass is 260 g/mol. The number of carbonyl (C=O) groups excluding carboxylic acids is 1. The molecule has 1 fully saturated rings. The number of benzene rings is 1. The smallest absolute Gasteiger partial charge is 0.254 e. The van der Waals surface area contributed by atoms with E-state index in [-0.39, 0.29) is 5.91 Å². The molecule has 1 saturated heterocycles. The first kappa shape index (κ1) is 14.1. The highest BCUT2D eigenvalue weighted by Gasteiger charge is 2.21. The first-order valence-corrected chi connectivity index (χ1v) is 7.04. The van der Waals surface area contributed by atoms with Crippen molar-refractivity contribution < 1.29 is 4.79 Å². The SMILES string of the molecule is Cc1cc(C)c(C(=O)N2CCCN(C)CC2)c(C)c1. The maximum atomic E-state index is 12.7. The minimum absolute atomic E-state index is 0.199. The van der Waals surface area contributed by atoms with E-state index in [4.69, 9.17) is 0 Å². The number of hydrogen-bond acceptors (Lipinski definition) is 2. The molecule has 0 radical (unpaired) electrons. The number of aryl methyl sites for hydroxylation is 3. The summed E-state index contributed by atoms with van der Waals surface area (Å²) >= 11 is 0. The highest BCUT2D eigenvalue weighted by atomic mass is 16.2. The third-order valence-corrected chi connectivity index (χ3v) is 3.90. The fraction of sp³-hybridized carbons (Fsp3) is 0.562. The van der Waals surface area contributed by atoms with E-state index in [0.717, 1.165) is 49.3 Å². The van der Waals surface area contributed by atoms with Crippen molar-refractivity contribution >= 4 is 5.91 Å². The van der Waals surface area contributed by atoms with Gasteiger partial charge in [-0.25, -0.2) is 0 Å². The van der Waals surface area contributed by atoms with E-state index in [2.05, 4.69) is 31.0 Å². The zero-order valence-electron chi connectivity index (χ0n) is 12.5. The average molecular weight is 260 g/mol. The largest absolute Gasteiger partial charge is 0.337 e. The van der Waals surface area contributed by atoms with Crippen molar-refractivity contribution in [1.82, 2.24) is 9.80 Å². The van der Waals surface area contributed by atoms with Crippen LogP contribution in [0.4, 0.5) is 0 Å². The Bertz CT molecular complexity index is 459. The van der Waals surface area contributed by atoms with Gasteiger partial charge < -0.3 is 9.80 Å². The van der Waals surface area contributed by atoms with E-state index < -0.39 is 0 Å². The van der Waals surface area contributed by atoms with Crippen molar-refractivity contribution in [3.63, 3.8) is 0 Å². The molecule has 104 valence electrons. The molecule has 0 aromatic heterocycles. The lowest BCUT2D eigenvalue weighted by Gasteiger charge is -2.23. The second kappa shape index (κ2) is 5.74. The van der Waals surface area contributed by atoms with E-state index in [1.165, 1.54) is 5.56 Å². The lowest BCUT2D eigenvalue weighted by molar-refractivity contribution is 0.0761. The van der Waals surface area contributed by atoms with Crippen LogP contribution in [0.5, 0.6) is 0 Å². The summed E-state index contributed by atoms with van der Waals surface area (Å²) in [7, 11) is 2.12. The van der Waals surface area contributed by atoms with Crippen LogP contribution in [0, 0.1) is 20.8 Å². The Hall–Kier alpha value is -1.35. The third kappa shape index (κ3) is 3.16. The summed E-state index contributed by atoms with van der Waals surface area (Å²) < 4.78 is 0. The Morgan fingerprint density at radius 2 is 1.63 bits per heavy atom. The number of likely N-dealkylation sites (N-methyl/N-ethyl adjacent to an activating group) is 1. The summed E-state index contributed by atoms with van der Waals surface area (Å²) in [6.45, 7) is 9.91. The fourth-order valence-corrected chi connectivity index (χ4v) is 2.93. The van der Waals surface area contributed by atoms with E-state index >= 15 is 0 Å². The molecule has 1 amide bonds. The van der Waals surface area contributed by atoms with Crippen LogP contribution >= 0.6 is 0 Å². The number of hydrogen-bond donors (Lipinski definition) is 0. The van der Waals surface area contributed by atoms with Crippen LogP contribution in [0.25, 0.3) is 0 Å². The zero-order chi connectivity index (χ0) is 14.0. The van der Waals surface area contributed by atoms with Gasteiger partial charge in [-0.3, -0.25) is 4.79 Å². The topological polar surface area (TPSA) is 23.6 Å². The van der Waals surface area contributed by atoms with Crippen LogP contribution in [0.15, 0.2) is 12.1 Å². The van der Waals surface area contributed by atoms with Gasteiger partial charge in [-0.2, -0.15) is 0 Å². The van der Waals surface area contributed by atoms with Gasteiger partial charge in [0.1, 0.15) is 0 Å². The average Bonchev–Trinajstić information content (AvgIpc) is 2.52. The molecule has 1 aliphatic heterocycles. The number of rotatable bonds is 1. The first-order chi connectivity index (χ1) is 8.99. The van der Waals surface area contributed by atoms with Gasteiger partial charge in [0, 0.05) is 25.2 Å². The predicted octanol–water partition coefficient (Wildman–Crippen LogP) is 2.39. The number of amides is 1. The molecule has 0 saturated carbocycles. The molecule has 1 heterocycles. The zero-order valence-corrected chi connectivity index (χ0v) is 12.5. The molecule has 0 bridgehead atoms. The number of carbonyl (C=O) groups is 1. The van der Waals surface area contributed by atoms with Crippen LogP contribution in [-0.4, -0.2) is 48.9 Å². The predicted molar refractivity (Wildman–Crippen MR) is 78.7 cm³/mol. The van der Waals surface area contributed by atoms with Crippen molar-refractivity contribution in [3.05, 3.63) is 34.4 Å². The summed E-state index contributed by atoms with van der Waals surface area (Å²) in [6.07, 6.45) is 1.06. The van der Waals surface area contributed by atoms with Crippen molar-refractivity contribution in [2.24, 2.45) is 0 Å². The van der Waals surface area contributed by atoms with Gasteiger partial charge in [0.15, 0.2) is 0 Å². The minimum atomic E-state index is 0.199. The Morgan fingerprint density at radius 1 is 1.00 bits per heavy atom. The molecule has 19 heavy (non-hydrogen) atoms. The molecule has 3 nitrogen and oxygen atoms in total. The Kier molecular flexibility index (Phi) is 4.25. The summed E-state index contributed by atoms with van der Waals surface area (Å²) in [4.78, 5) is 17.0. The maximum absolute atomic E-state index is 12.7. The molecule has 0 N–H and O–H groups in total. The summed E-state index contributed by atoms with van der Waals surface area (Å²) in [5.41, 5.74) is 4.32. The Balaban J connectivity index is 2.24. The standard InChI is InChI=1S/C16H24N2O/c1-12-10-13(2)15(14(3)11-12)16(19)18-7-5-6-17(4)8-9-18/h10-11H,5-9H2,1-4H3. The van der Waals surface area contributed by atoms with Gasteiger partial charge in [-0.15, -0.1) is 0 Å². The molecule has 0 aliphatic carbocycles. The Morgan fingerprint density at radius 3 is 2.26 bits per heavy atom. The van der Waals surface area contributed by atoms with Crippen molar-refractivity contribution in [1.29, 1.82) is 0 Å². The van der Waals surface area contributed by atoms with Gasteiger partial charge in [0.2, 0.25) is 0 Å². The fourth-order valence-electron chi connectivity index (χ4n) is 2.93. The van der Waals surface area contributed by atoms with E-state index in [9.17, 15) is 4.79 Å². The lowest BCUT2D eigenvalue weighted by atomic mass is 9.98. The van der Waals surface area contributed by atoms with Gasteiger partial charge in [0.25, 0.3) is 5.91 Å². The summed E-state index contributed by atoms with van der Waals surface area (Å²) in [5, 5.41) is 0. The van der Waals surface area contributed by atoms with Crippen LogP contribution in [0.1, 0.15) is 33.5 Å².